The summed E-state index contributed by atoms with van der Waals surface area (Å²) in [6, 6.07) is 7.23. The topological polar surface area (TPSA) is 67.3 Å². The van der Waals surface area contributed by atoms with Gasteiger partial charge in [-0.3, -0.25) is 9.69 Å². The monoisotopic (exact) mass is 434 g/mol. The fraction of sp³-hybridized carbons (Fsp3) is 0.500. The molecule has 1 aromatic carbocycles. The lowest BCUT2D eigenvalue weighted by Crippen LogP contribution is -2.41. The van der Waals surface area contributed by atoms with Gasteiger partial charge in [0, 0.05) is 31.4 Å². The van der Waals surface area contributed by atoms with Crippen LogP contribution in [-0.4, -0.2) is 46.6 Å². The lowest BCUT2D eigenvalue weighted by atomic mass is 9.83. The molecule has 4 rings (SSSR count). The summed E-state index contributed by atoms with van der Waals surface area (Å²) in [5.74, 6) is 1.04. The first-order valence-electron chi connectivity index (χ1n) is 10.4. The first kappa shape index (κ1) is 21.7. The van der Waals surface area contributed by atoms with Crippen molar-refractivity contribution in [2.24, 2.45) is 11.8 Å². The Hall–Kier alpha value is -2.52. The van der Waals surface area contributed by atoms with Crippen molar-refractivity contribution in [3.63, 3.8) is 0 Å². The molecule has 1 amide bonds. The van der Waals surface area contributed by atoms with Gasteiger partial charge in [-0.25, -0.2) is 9.97 Å². The minimum absolute atomic E-state index is 0.0931. The highest BCUT2D eigenvalue weighted by Gasteiger charge is 2.41. The largest absolute Gasteiger partial charge is 0.416 e. The molecule has 6 nitrogen and oxygen atoms in total. The molecule has 3 atom stereocenters. The van der Waals surface area contributed by atoms with E-state index in [9.17, 15) is 18.0 Å². The smallest absolute Gasteiger partial charge is 0.377 e. The Morgan fingerprint density at radius 2 is 2.03 bits per heavy atom. The molecule has 0 bridgehead atoms. The number of benzene rings is 1. The molecule has 2 aromatic rings. The number of ether oxygens (including phenoxy) is 1. The second kappa shape index (κ2) is 9.32. The third-order valence-corrected chi connectivity index (χ3v) is 5.99. The lowest BCUT2D eigenvalue weighted by Gasteiger charge is -2.35. The second-order valence-electron chi connectivity index (χ2n) is 8.16. The number of hydrogen-bond acceptors (Lipinski definition) is 5. The van der Waals surface area contributed by atoms with Crippen molar-refractivity contribution in [3.8, 4) is 0 Å². The van der Waals surface area contributed by atoms with Gasteiger partial charge in [0.25, 0.3) is 0 Å². The summed E-state index contributed by atoms with van der Waals surface area (Å²) >= 11 is 0. The van der Waals surface area contributed by atoms with Crippen LogP contribution in [0.3, 0.4) is 0 Å². The fourth-order valence-electron chi connectivity index (χ4n) is 4.47. The van der Waals surface area contributed by atoms with Gasteiger partial charge in [-0.1, -0.05) is 18.2 Å². The molecule has 1 N–H and O–H groups in total. The Bertz CT molecular complexity index is 894. The summed E-state index contributed by atoms with van der Waals surface area (Å²) < 4.78 is 44.8. The Morgan fingerprint density at radius 3 is 2.81 bits per heavy atom. The van der Waals surface area contributed by atoms with Crippen molar-refractivity contribution in [2.45, 2.75) is 38.2 Å². The van der Waals surface area contributed by atoms with Crippen LogP contribution in [-0.2, 0) is 28.8 Å². The molecule has 3 heterocycles. The Balaban J connectivity index is 1.27. The molecule has 2 aliphatic heterocycles. The lowest BCUT2D eigenvalue weighted by molar-refractivity contribution is -0.137. The van der Waals surface area contributed by atoms with E-state index in [2.05, 4.69) is 20.2 Å². The Labute approximate surface area is 178 Å². The van der Waals surface area contributed by atoms with Crippen LogP contribution in [0.1, 0.15) is 29.8 Å². The predicted molar refractivity (Wildman–Crippen MR) is 107 cm³/mol. The molecule has 2 aliphatic rings. The highest BCUT2D eigenvalue weighted by molar-refractivity contribution is 5.76. The standard InChI is InChI=1S/C22H25F3N4O2/c23-22(24,25)17-4-1-3-15(9-17)12-29-8-5-18-16(13-29)14-31-19(18)10-21(30)28-11-20-26-6-2-7-27-20/h1-4,6-7,9,16,18-19H,5,8,10-14H2,(H,28,30)/t16-,18-,19+/m1/s1. The highest BCUT2D eigenvalue weighted by atomic mass is 19.4. The highest BCUT2D eigenvalue weighted by Crippen LogP contribution is 2.36. The summed E-state index contributed by atoms with van der Waals surface area (Å²) in [6.07, 6.45) is -0.0378. The number of carbonyl (C=O) groups excluding carboxylic acids is 1. The molecule has 2 saturated heterocycles. The van der Waals surface area contributed by atoms with Gasteiger partial charge in [-0.05, 0) is 36.6 Å². The van der Waals surface area contributed by atoms with Gasteiger partial charge < -0.3 is 10.1 Å². The summed E-state index contributed by atoms with van der Waals surface area (Å²) in [4.78, 5) is 22.7. The van der Waals surface area contributed by atoms with E-state index in [1.807, 2.05) is 0 Å². The fourth-order valence-corrected chi connectivity index (χ4v) is 4.47. The van der Waals surface area contributed by atoms with E-state index < -0.39 is 11.7 Å². The van der Waals surface area contributed by atoms with Gasteiger partial charge in [0.05, 0.1) is 31.2 Å². The van der Waals surface area contributed by atoms with E-state index in [0.717, 1.165) is 25.6 Å². The SMILES string of the molecule is O=C(C[C@@H]1OC[C@H]2CN(Cc3cccc(C(F)(F)F)c3)CC[C@H]21)NCc1ncccn1. The number of rotatable bonds is 6. The van der Waals surface area contributed by atoms with Crippen LogP contribution >= 0.6 is 0 Å². The maximum atomic E-state index is 13.0. The predicted octanol–water partition coefficient (Wildman–Crippen LogP) is 3.04. The molecule has 9 heteroatoms. The minimum Gasteiger partial charge on any atom is -0.377 e. The maximum Gasteiger partial charge on any atom is 0.416 e. The zero-order chi connectivity index (χ0) is 21.8. The molecule has 0 unspecified atom stereocenters. The molecule has 166 valence electrons. The van der Waals surface area contributed by atoms with Crippen molar-refractivity contribution < 1.29 is 22.7 Å². The number of alkyl halides is 3. The number of carbonyl (C=O) groups is 1. The number of likely N-dealkylation sites (tertiary alicyclic amines) is 1. The van der Waals surface area contributed by atoms with Crippen LogP contribution in [0.4, 0.5) is 13.2 Å². The molecule has 0 spiro atoms. The molecule has 0 aliphatic carbocycles. The number of nitrogens with one attached hydrogen (secondary N) is 1. The van der Waals surface area contributed by atoms with Crippen LogP contribution in [0.2, 0.25) is 0 Å². The normalized spacial score (nSPS) is 24.0. The molecule has 0 saturated carbocycles. The number of halogens is 3. The number of fused-ring (bicyclic) bond motifs is 1. The Morgan fingerprint density at radius 1 is 1.23 bits per heavy atom. The first-order chi connectivity index (χ1) is 14.9. The van der Waals surface area contributed by atoms with Gasteiger partial charge in [0.1, 0.15) is 5.82 Å². The maximum absolute atomic E-state index is 13.0. The zero-order valence-corrected chi connectivity index (χ0v) is 17.0. The number of amides is 1. The van der Waals surface area contributed by atoms with Crippen LogP contribution < -0.4 is 5.32 Å². The third kappa shape index (κ3) is 5.59. The van der Waals surface area contributed by atoms with Crippen molar-refractivity contribution in [2.75, 3.05) is 19.7 Å². The van der Waals surface area contributed by atoms with Gasteiger partial charge in [0.2, 0.25) is 5.91 Å². The molecule has 31 heavy (non-hydrogen) atoms. The number of piperidine rings is 1. The molecule has 0 radical (unpaired) electrons. The second-order valence-corrected chi connectivity index (χ2v) is 8.16. The summed E-state index contributed by atoms with van der Waals surface area (Å²) in [5, 5.41) is 2.83. The van der Waals surface area contributed by atoms with Crippen LogP contribution in [0.15, 0.2) is 42.7 Å². The van der Waals surface area contributed by atoms with E-state index in [1.54, 1.807) is 24.5 Å². The average molecular weight is 434 g/mol. The van der Waals surface area contributed by atoms with Gasteiger partial charge in [0.15, 0.2) is 0 Å². The van der Waals surface area contributed by atoms with Gasteiger partial charge >= 0.3 is 6.18 Å². The number of hydrogen-bond donors (Lipinski definition) is 1. The summed E-state index contributed by atoms with van der Waals surface area (Å²) in [5.41, 5.74) is 0.0438. The summed E-state index contributed by atoms with van der Waals surface area (Å²) in [6.45, 7) is 2.87. The number of aromatic nitrogens is 2. The van der Waals surface area contributed by atoms with Crippen molar-refractivity contribution in [1.82, 2.24) is 20.2 Å². The molecular formula is C22H25F3N4O2. The van der Waals surface area contributed by atoms with Crippen molar-refractivity contribution in [1.29, 1.82) is 0 Å². The van der Waals surface area contributed by atoms with Crippen LogP contribution in [0.5, 0.6) is 0 Å². The van der Waals surface area contributed by atoms with E-state index in [-0.39, 0.29) is 30.4 Å². The first-order valence-corrected chi connectivity index (χ1v) is 10.4. The van der Waals surface area contributed by atoms with Crippen LogP contribution in [0.25, 0.3) is 0 Å². The van der Waals surface area contributed by atoms with E-state index in [1.165, 1.54) is 12.1 Å². The molecule has 1 aromatic heterocycles. The van der Waals surface area contributed by atoms with E-state index in [0.29, 0.717) is 31.0 Å². The zero-order valence-electron chi connectivity index (χ0n) is 17.0. The average Bonchev–Trinajstić information content (AvgIpc) is 3.14. The van der Waals surface area contributed by atoms with Crippen molar-refractivity contribution >= 4 is 5.91 Å². The molecular weight excluding hydrogens is 409 g/mol. The molecule has 2 fully saturated rings. The van der Waals surface area contributed by atoms with Crippen molar-refractivity contribution in [3.05, 3.63) is 59.7 Å². The Kier molecular flexibility index (Phi) is 6.52. The number of nitrogens with zero attached hydrogens (tertiary/aromatic N) is 3. The van der Waals surface area contributed by atoms with E-state index in [4.69, 9.17) is 4.74 Å². The van der Waals surface area contributed by atoms with Gasteiger partial charge in [-0.2, -0.15) is 13.2 Å². The van der Waals surface area contributed by atoms with E-state index >= 15 is 0 Å². The summed E-state index contributed by atoms with van der Waals surface area (Å²) in [7, 11) is 0. The van der Waals surface area contributed by atoms with Gasteiger partial charge in [-0.15, -0.1) is 0 Å². The third-order valence-electron chi connectivity index (χ3n) is 5.99. The van der Waals surface area contributed by atoms with Crippen LogP contribution in [0, 0.1) is 11.8 Å². The quantitative estimate of drug-likeness (QED) is 0.757. The minimum atomic E-state index is -4.33.